The highest BCUT2D eigenvalue weighted by Gasteiger charge is 2.26. The number of benzene rings is 10. The van der Waals surface area contributed by atoms with Crippen LogP contribution in [0.2, 0.25) is 0 Å². The number of para-hydroxylation sites is 2. The maximum Gasteiger partial charge on any atom is 0.166 e. The second-order valence-corrected chi connectivity index (χ2v) is 17.5. The first-order chi connectivity index (χ1) is 34.2. The molecule has 0 saturated heterocycles. The molecule has 0 aliphatic rings. The summed E-state index contributed by atoms with van der Waals surface area (Å²) >= 11 is 0. The van der Waals surface area contributed by atoms with Crippen LogP contribution >= 0.6 is 0 Å². The molecule has 0 fully saturated rings. The van der Waals surface area contributed by atoms with Crippen LogP contribution in [0.15, 0.2) is 239 Å². The topological polar surface area (TPSA) is 69.9 Å². The van der Waals surface area contributed by atoms with Crippen molar-refractivity contribution in [3.63, 3.8) is 0 Å². The second-order valence-electron chi connectivity index (χ2n) is 17.5. The van der Waals surface area contributed by atoms with Crippen LogP contribution in [0.4, 0.5) is 0 Å². The van der Waals surface area contributed by atoms with E-state index in [1.807, 2.05) is 36.4 Å². The average Bonchev–Trinajstić information content (AvgIpc) is 4.10. The van der Waals surface area contributed by atoms with E-state index in [1.165, 1.54) is 5.56 Å². The Balaban J connectivity index is 1.09. The van der Waals surface area contributed by atoms with Gasteiger partial charge >= 0.3 is 0 Å². The minimum absolute atomic E-state index is 0.534. The molecule has 0 bridgehead atoms. The van der Waals surface area contributed by atoms with Crippen molar-refractivity contribution in [3.05, 3.63) is 231 Å². The lowest BCUT2D eigenvalue weighted by Crippen LogP contribution is -2.04. The summed E-state index contributed by atoms with van der Waals surface area (Å²) in [6.07, 6.45) is 0. The van der Waals surface area contributed by atoms with Crippen molar-refractivity contribution >= 4 is 65.7 Å². The van der Waals surface area contributed by atoms with Crippen LogP contribution in [0.5, 0.6) is 0 Å². The molecule has 322 valence electrons. The molecule has 0 aliphatic carbocycles. The Kier molecular flexibility index (Phi) is 8.79. The zero-order chi connectivity index (χ0) is 45.4. The lowest BCUT2D eigenvalue weighted by atomic mass is 9.95. The Bertz CT molecular complexity index is 4290. The van der Waals surface area contributed by atoms with Crippen molar-refractivity contribution in [2.45, 2.75) is 0 Å². The van der Waals surface area contributed by atoms with Crippen molar-refractivity contribution in [3.8, 4) is 73.2 Å². The Morgan fingerprint density at radius 1 is 0.290 bits per heavy atom. The van der Waals surface area contributed by atoms with Crippen LogP contribution in [0, 0.1) is 0 Å². The monoisotopic (exact) mass is 882 g/mol. The van der Waals surface area contributed by atoms with Gasteiger partial charge in [0.05, 0.1) is 22.3 Å². The summed E-state index contributed by atoms with van der Waals surface area (Å²) in [5, 5.41) is 6.32. The third kappa shape index (κ3) is 6.38. The number of furan rings is 2. The summed E-state index contributed by atoms with van der Waals surface area (Å²) in [6, 6.07) is 80.4. The molecule has 10 aromatic carbocycles. The van der Waals surface area contributed by atoms with Gasteiger partial charge in [-0.05, 0) is 88.0 Å². The van der Waals surface area contributed by atoms with Crippen molar-refractivity contribution < 1.29 is 8.83 Å². The predicted octanol–water partition coefficient (Wildman–Crippen LogP) is 16.8. The minimum atomic E-state index is 0.534. The third-order valence-electron chi connectivity index (χ3n) is 13.5. The summed E-state index contributed by atoms with van der Waals surface area (Å²) in [7, 11) is 0. The van der Waals surface area contributed by atoms with Gasteiger partial charge in [-0.1, -0.05) is 176 Å². The first-order valence-electron chi connectivity index (χ1n) is 23.2. The molecular weight excluding hydrogens is 845 g/mol. The predicted molar refractivity (Wildman–Crippen MR) is 281 cm³/mol. The van der Waals surface area contributed by atoms with Gasteiger partial charge < -0.3 is 13.4 Å². The van der Waals surface area contributed by atoms with Gasteiger partial charge in [0.15, 0.2) is 17.5 Å². The van der Waals surface area contributed by atoms with E-state index in [2.05, 4.69) is 199 Å². The van der Waals surface area contributed by atoms with Gasteiger partial charge in [0, 0.05) is 43.4 Å². The maximum atomic E-state index is 6.92. The molecule has 0 spiro atoms. The highest BCUT2D eigenvalue weighted by Crippen LogP contribution is 2.47. The molecule has 0 N–H and O–H groups in total. The van der Waals surface area contributed by atoms with Gasteiger partial charge in [0.25, 0.3) is 0 Å². The molecule has 14 aromatic rings. The molecule has 0 radical (unpaired) electrons. The molecule has 0 amide bonds. The highest BCUT2D eigenvalue weighted by atomic mass is 16.3. The number of nitrogens with zero attached hydrogens (tertiary/aromatic N) is 4. The molecule has 0 aliphatic heterocycles. The SMILES string of the molecule is c1ccc(-c2ccc(-c3nc(-c4ccccc4)nc(-c4c(-n5c6ccccc6c6cc(-c7ccccc7)ccc65)ccc5oc6cccc(-c7ccc8oc9ccccc9c8c7)c6c45)n3)cc2)cc1. The van der Waals surface area contributed by atoms with E-state index in [0.29, 0.717) is 17.5 Å². The number of rotatable bonds is 7. The fourth-order valence-electron chi connectivity index (χ4n) is 10.3. The van der Waals surface area contributed by atoms with E-state index in [9.17, 15) is 0 Å². The minimum Gasteiger partial charge on any atom is -0.456 e. The van der Waals surface area contributed by atoms with E-state index in [-0.39, 0.29) is 0 Å². The van der Waals surface area contributed by atoms with Crippen molar-refractivity contribution in [1.82, 2.24) is 19.5 Å². The van der Waals surface area contributed by atoms with Crippen LogP contribution in [0.25, 0.3) is 139 Å². The van der Waals surface area contributed by atoms with E-state index >= 15 is 0 Å². The Morgan fingerprint density at radius 3 is 1.55 bits per heavy atom. The van der Waals surface area contributed by atoms with Gasteiger partial charge in [0.1, 0.15) is 22.3 Å². The molecule has 6 heteroatoms. The zero-order valence-corrected chi connectivity index (χ0v) is 37.0. The Labute approximate surface area is 396 Å². The van der Waals surface area contributed by atoms with Crippen molar-refractivity contribution in [2.24, 2.45) is 0 Å². The van der Waals surface area contributed by atoms with Gasteiger partial charge in [-0.15, -0.1) is 0 Å². The fourth-order valence-corrected chi connectivity index (χ4v) is 10.3. The molecule has 6 nitrogen and oxygen atoms in total. The first-order valence-corrected chi connectivity index (χ1v) is 23.2. The molecule has 0 saturated carbocycles. The number of fused-ring (bicyclic) bond motifs is 9. The molecule has 0 atom stereocenters. The van der Waals surface area contributed by atoms with E-state index in [4.69, 9.17) is 23.8 Å². The third-order valence-corrected chi connectivity index (χ3v) is 13.5. The van der Waals surface area contributed by atoms with E-state index in [0.717, 1.165) is 116 Å². The molecule has 69 heavy (non-hydrogen) atoms. The second kappa shape index (κ2) is 15.6. The Morgan fingerprint density at radius 2 is 0.783 bits per heavy atom. The van der Waals surface area contributed by atoms with Crippen LogP contribution in [0.1, 0.15) is 0 Å². The van der Waals surface area contributed by atoms with Crippen LogP contribution in [0.3, 0.4) is 0 Å². The molecule has 4 aromatic heterocycles. The smallest absolute Gasteiger partial charge is 0.166 e. The lowest BCUT2D eigenvalue weighted by molar-refractivity contribution is 0.669. The van der Waals surface area contributed by atoms with Crippen molar-refractivity contribution in [1.29, 1.82) is 0 Å². The largest absolute Gasteiger partial charge is 0.456 e. The number of hydrogen-bond acceptors (Lipinski definition) is 5. The quantitative estimate of drug-likeness (QED) is 0.159. The summed E-state index contributed by atoms with van der Waals surface area (Å²) in [5.41, 5.74) is 15.5. The Hall–Kier alpha value is -9.39. The van der Waals surface area contributed by atoms with Crippen LogP contribution in [-0.2, 0) is 0 Å². The maximum absolute atomic E-state index is 6.92. The summed E-state index contributed by atoms with van der Waals surface area (Å²) in [6.45, 7) is 0. The molecule has 14 rings (SSSR count). The van der Waals surface area contributed by atoms with E-state index < -0.39 is 0 Å². The first kappa shape index (κ1) is 38.8. The number of aromatic nitrogens is 4. The highest BCUT2D eigenvalue weighted by molar-refractivity contribution is 6.20. The average molecular weight is 883 g/mol. The number of hydrogen-bond donors (Lipinski definition) is 0. The van der Waals surface area contributed by atoms with Crippen LogP contribution < -0.4 is 0 Å². The van der Waals surface area contributed by atoms with Gasteiger partial charge in [-0.2, -0.15) is 0 Å². The fraction of sp³-hybridized carbons (Fsp3) is 0. The summed E-state index contributed by atoms with van der Waals surface area (Å²) < 4.78 is 15.6. The zero-order valence-electron chi connectivity index (χ0n) is 37.0. The van der Waals surface area contributed by atoms with Gasteiger partial charge in [-0.3, -0.25) is 0 Å². The normalized spacial score (nSPS) is 11.8. The van der Waals surface area contributed by atoms with Gasteiger partial charge in [0.2, 0.25) is 0 Å². The summed E-state index contributed by atoms with van der Waals surface area (Å²) in [5.74, 6) is 1.68. The molecule has 0 unspecified atom stereocenters. The van der Waals surface area contributed by atoms with Crippen molar-refractivity contribution in [2.75, 3.05) is 0 Å². The summed E-state index contributed by atoms with van der Waals surface area (Å²) in [4.78, 5) is 16.2. The van der Waals surface area contributed by atoms with E-state index in [1.54, 1.807) is 0 Å². The lowest BCUT2D eigenvalue weighted by Gasteiger charge is -2.16. The molecule has 4 heterocycles. The molecular formula is C63H38N4O2. The standard InChI is InChI=1S/C63H38N4O2/c1-4-15-39(16-5-1)41-27-29-43(30-28-41)62-64-61(42-19-8-3-9-20-42)65-63(66-62)59-53(67-51-24-12-10-21-47(51)49-37-44(31-33-52(49)67)40-17-6-2-7-18-40)34-36-57-60(59)58-46(23-14-26-56(58)69-57)45-32-35-55-50(38-45)48-22-11-13-25-54(48)68-55/h1-38H. The van der Waals surface area contributed by atoms with Gasteiger partial charge in [-0.25, -0.2) is 15.0 Å². The van der Waals surface area contributed by atoms with Crippen LogP contribution in [-0.4, -0.2) is 19.5 Å².